The number of hydrogen-bond donors (Lipinski definition) is 0. The molecule has 6 nitrogen and oxygen atoms in total. The molecule has 0 spiro atoms. The van der Waals surface area contributed by atoms with Crippen molar-refractivity contribution in [1.82, 2.24) is 4.57 Å². The van der Waals surface area contributed by atoms with Gasteiger partial charge in [-0.15, -0.1) is 0 Å². The fourth-order valence-corrected chi connectivity index (χ4v) is 3.72. The summed E-state index contributed by atoms with van der Waals surface area (Å²) < 4.78 is 27.3. The van der Waals surface area contributed by atoms with E-state index < -0.39 is 17.5 Å². The van der Waals surface area contributed by atoms with Crippen LogP contribution in [0.1, 0.15) is 39.3 Å². The molecule has 0 saturated heterocycles. The van der Waals surface area contributed by atoms with Crippen molar-refractivity contribution in [1.29, 1.82) is 0 Å². The Bertz CT molecular complexity index is 1210. The van der Waals surface area contributed by atoms with Crippen LogP contribution in [0.2, 0.25) is 5.02 Å². The summed E-state index contributed by atoms with van der Waals surface area (Å²) in [5, 5.41) is 0.180. The zero-order valence-corrected chi connectivity index (χ0v) is 19.8. The van der Waals surface area contributed by atoms with Gasteiger partial charge in [0, 0.05) is 24.0 Å². The number of nitrogens with zero attached hydrogens (tertiary/aromatic N) is 2. The van der Waals surface area contributed by atoms with Gasteiger partial charge in [-0.05, 0) is 76.1 Å². The van der Waals surface area contributed by atoms with Gasteiger partial charge in [-0.25, -0.2) is 13.8 Å². The van der Waals surface area contributed by atoms with Crippen LogP contribution >= 0.6 is 11.6 Å². The number of carbonyl (C=O) groups excluding carboxylic acids is 2. The second-order valence-electron chi connectivity index (χ2n) is 9.20. The SMILES string of the molecule is CN(C(=O)C1CC1)c1ccc(OCc2cc3c(F)c(Cl)ccc3n2C(=O)OC(C)(C)C)cc1. The molecule has 0 aliphatic heterocycles. The Balaban J connectivity index is 1.57. The van der Waals surface area contributed by atoms with Crippen LogP contribution in [0.4, 0.5) is 14.9 Å². The van der Waals surface area contributed by atoms with Gasteiger partial charge in [0.25, 0.3) is 0 Å². The van der Waals surface area contributed by atoms with E-state index >= 15 is 0 Å². The second-order valence-corrected chi connectivity index (χ2v) is 9.61. The van der Waals surface area contributed by atoms with Crippen molar-refractivity contribution >= 4 is 40.2 Å². The summed E-state index contributed by atoms with van der Waals surface area (Å²) in [4.78, 5) is 26.8. The summed E-state index contributed by atoms with van der Waals surface area (Å²) >= 11 is 5.93. The van der Waals surface area contributed by atoms with Gasteiger partial charge in [-0.1, -0.05) is 11.6 Å². The van der Waals surface area contributed by atoms with E-state index in [2.05, 4.69) is 0 Å². The molecule has 1 aliphatic rings. The van der Waals surface area contributed by atoms with Crippen molar-refractivity contribution in [2.75, 3.05) is 11.9 Å². The van der Waals surface area contributed by atoms with Crippen molar-refractivity contribution in [3.8, 4) is 5.75 Å². The molecule has 3 aromatic rings. The molecule has 4 rings (SSSR count). The summed E-state index contributed by atoms with van der Waals surface area (Å²) in [5.41, 5.74) is 0.820. The zero-order chi connectivity index (χ0) is 23.9. The highest BCUT2D eigenvalue weighted by molar-refractivity contribution is 6.31. The van der Waals surface area contributed by atoms with Gasteiger partial charge in [-0.2, -0.15) is 0 Å². The molecule has 1 heterocycles. The largest absolute Gasteiger partial charge is 0.487 e. The number of anilines is 1. The van der Waals surface area contributed by atoms with E-state index in [1.54, 1.807) is 63.1 Å². The molecule has 1 amide bonds. The van der Waals surface area contributed by atoms with Gasteiger partial charge in [0.05, 0.1) is 16.2 Å². The third-order valence-electron chi connectivity index (χ3n) is 5.39. The third kappa shape index (κ3) is 4.98. The molecule has 0 radical (unpaired) electrons. The summed E-state index contributed by atoms with van der Waals surface area (Å²) in [7, 11) is 1.76. The number of carbonyl (C=O) groups is 2. The highest BCUT2D eigenvalue weighted by atomic mass is 35.5. The lowest BCUT2D eigenvalue weighted by atomic mass is 10.2. The first-order valence-electron chi connectivity index (χ1n) is 10.8. The van der Waals surface area contributed by atoms with Gasteiger partial charge in [-0.3, -0.25) is 4.79 Å². The highest BCUT2D eigenvalue weighted by Gasteiger charge is 2.32. The van der Waals surface area contributed by atoms with Crippen molar-refractivity contribution in [2.24, 2.45) is 5.92 Å². The van der Waals surface area contributed by atoms with Gasteiger partial charge < -0.3 is 14.4 Å². The summed E-state index contributed by atoms with van der Waals surface area (Å²) in [6.45, 7) is 5.28. The normalized spacial score (nSPS) is 13.8. The molecule has 2 aromatic carbocycles. The number of benzene rings is 2. The molecule has 174 valence electrons. The molecule has 0 unspecified atom stereocenters. The Morgan fingerprint density at radius 3 is 2.42 bits per heavy atom. The topological polar surface area (TPSA) is 60.8 Å². The van der Waals surface area contributed by atoms with Crippen molar-refractivity contribution < 1.29 is 23.5 Å². The lowest BCUT2D eigenvalue weighted by Gasteiger charge is -2.21. The number of aromatic nitrogens is 1. The molecule has 1 fully saturated rings. The average molecular weight is 473 g/mol. The molecule has 0 atom stereocenters. The smallest absolute Gasteiger partial charge is 0.419 e. The van der Waals surface area contributed by atoms with E-state index in [1.165, 1.54) is 16.7 Å². The van der Waals surface area contributed by atoms with E-state index in [0.29, 0.717) is 17.0 Å². The van der Waals surface area contributed by atoms with Crippen LogP contribution < -0.4 is 9.64 Å². The number of fused-ring (bicyclic) bond motifs is 1. The van der Waals surface area contributed by atoms with Crippen molar-refractivity contribution in [2.45, 2.75) is 45.8 Å². The zero-order valence-electron chi connectivity index (χ0n) is 19.0. The van der Waals surface area contributed by atoms with Gasteiger partial charge in [0.2, 0.25) is 5.91 Å². The minimum Gasteiger partial charge on any atom is -0.487 e. The van der Waals surface area contributed by atoms with E-state index in [1.807, 2.05) is 0 Å². The molecular formula is C25H26ClFN2O4. The van der Waals surface area contributed by atoms with E-state index in [4.69, 9.17) is 21.1 Å². The lowest BCUT2D eigenvalue weighted by Crippen LogP contribution is -2.28. The third-order valence-corrected chi connectivity index (χ3v) is 5.68. The second kappa shape index (κ2) is 8.71. The Kier molecular flexibility index (Phi) is 6.10. The van der Waals surface area contributed by atoms with E-state index in [-0.39, 0.29) is 28.8 Å². The van der Waals surface area contributed by atoms with Crippen molar-refractivity contribution in [3.05, 3.63) is 59.0 Å². The number of amides is 1. The molecule has 1 aliphatic carbocycles. The monoisotopic (exact) mass is 472 g/mol. The Morgan fingerprint density at radius 1 is 1.15 bits per heavy atom. The quantitative estimate of drug-likeness (QED) is 0.445. The molecule has 1 saturated carbocycles. The number of ether oxygens (including phenoxy) is 2. The number of rotatable bonds is 5. The standard InChI is InChI=1S/C25H26ClFN2O4/c1-25(2,3)33-24(31)29-17(13-19-21(29)12-11-20(26)22(19)27)14-32-18-9-7-16(8-10-18)28(4)23(30)15-5-6-15/h7-13,15H,5-6,14H2,1-4H3. The maximum Gasteiger partial charge on any atom is 0.419 e. The minimum atomic E-state index is -0.726. The van der Waals surface area contributed by atoms with Gasteiger partial charge >= 0.3 is 6.09 Å². The van der Waals surface area contributed by atoms with Crippen LogP contribution in [0.5, 0.6) is 5.75 Å². The molecule has 0 bridgehead atoms. The minimum absolute atomic E-state index is 0.00116. The lowest BCUT2D eigenvalue weighted by molar-refractivity contribution is -0.119. The van der Waals surface area contributed by atoms with Crippen LogP contribution in [0.3, 0.4) is 0 Å². The first kappa shape index (κ1) is 23.1. The highest BCUT2D eigenvalue weighted by Crippen LogP contribution is 2.33. The van der Waals surface area contributed by atoms with Crippen molar-refractivity contribution in [3.63, 3.8) is 0 Å². The molecule has 8 heteroatoms. The number of halogens is 2. The van der Waals surface area contributed by atoms with Crippen LogP contribution in [0.15, 0.2) is 42.5 Å². The molecule has 1 aromatic heterocycles. The first-order valence-corrected chi connectivity index (χ1v) is 11.1. The number of hydrogen-bond acceptors (Lipinski definition) is 4. The summed E-state index contributed by atoms with van der Waals surface area (Å²) in [6, 6.07) is 11.6. The first-order chi connectivity index (χ1) is 15.5. The maximum absolute atomic E-state index is 14.6. The van der Waals surface area contributed by atoms with E-state index in [9.17, 15) is 14.0 Å². The van der Waals surface area contributed by atoms with Crippen LogP contribution in [0, 0.1) is 11.7 Å². The summed E-state index contributed by atoms with van der Waals surface area (Å²) in [5.74, 6) is 0.191. The predicted octanol–water partition coefficient (Wildman–Crippen LogP) is 6.17. The van der Waals surface area contributed by atoms with Crippen LogP contribution in [-0.2, 0) is 16.1 Å². The Morgan fingerprint density at radius 2 is 1.82 bits per heavy atom. The molecule has 33 heavy (non-hydrogen) atoms. The average Bonchev–Trinajstić information content (AvgIpc) is 3.53. The van der Waals surface area contributed by atoms with E-state index in [0.717, 1.165) is 18.5 Å². The fourth-order valence-electron chi connectivity index (χ4n) is 3.56. The molecule has 0 N–H and O–H groups in total. The summed E-state index contributed by atoms with van der Waals surface area (Å²) in [6.07, 6.45) is 1.26. The van der Waals surface area contributed by atoms with Gasteiger partial charge in [0.15, 0.2) is 5.82 Å². The maximum atomic E-state index is 14.6. The molecular weight excluding hydrogens is 447 g/mol. The van der Waals surface area contributed by atoms with Gasteiger partial charge in [0.1, 0.15) is 18.0 Å². The fraction of sp³-hybridized carbons (Fsp3) is 0.360. The Labute approximate surface area is 196 Å². The van der Waals surface area contributed by atoms with Crippen LogP contribution in [-0.4, -0.2) is 29.2 Å². The van der Waals surface area contributed by atoms with Crippen LogP contribution in [0.25, 0.3) is 10.9 Å². The predicted molar refractivity (Wildman–Crippen MR) is 125 cm³/mol. The Hall–Kier alpha value is -3.06.